The number of para-hydroxylation sites is 1. The molecule has 0 radical (unpaired) electrons. The molecule has 2 N–H and O–H groups in total. The number of benzene rings is 2. The maximum absolute atomic E-state index is 10.9. The molecule has 0 aliphatic carbocycles. The molecule has 3 aromatic rings. The number of hydrogen-bond donors (Lipinski definition) is 2. The van der Waals surface area contributed by atoms with Crippen LogP contribution in [-0.4, -0.2) is 22.3 Å². The summed E-state index contributed by atoms with van der Waals surface area (Å²) < 4.78 is 0. The van der Waals surface area contributed by atoms with Crippen molar-refractivity contribution >= 4 is 39.5 Å². The molecule has 0 saturated carbocycles. The van der Waals surface area contributed by atoms with Gasteiger partial charge in [0.05, 0.1) is 11.9 Å². The molecule has 0 amide bonds. The summed E-state index contributed by atoms with van der Waals surface area (Å²) in [6.07, 6.45) is 2.09. The van der Waals surface area contributed by atoms with Crippen LogP contribution in [0.4, 0.5) is 0 Å². The molecule has 0 spiro atoms. The Kier molecular flexibility index (Phi) is 2.95. The fourth-order valence-electron chi connectivity index (χ4n) is 2.40. The van der Waals surface area contributed by atoms with E-state index in [1.165, 1.54) is 4.90 Å². The van der Waals surface area contributed by atoms with Gasteiger partial charge in [-0.25, -0.2) is 0 Å². The zero-order valence-electron chi connectivity index (χ0n) is 10.4. The summed E-state index contributed by atoms with van der Waals surface area (Å²) >= 11 is 1.70. The first kappa shape index (κ1) is 12.1. The largest absolute Gasteiger partial charge is 0.481 e. The average Bonchev–Trinajstić information content (AvgIpc) is 2.77. The lowest BCUT2D eigenvalue weighted by molar-refractivity contribution is -0.136. The Bertz CT molecular complexity index is 776. The van der Waals surface area contributed by atoms with E-state index in [9.17, 15) is 4.79 Å². The summed E-state index contributed by atoms with van der Waals surface area (Å²) in [5, 5.41) is 11.2. The number of nitrogens with one attached hydrogen (secondary N) is 1. The molecule has 0 fully saturated rings. The molecule has 0 saturated heterocycles. The van der Waals surface area contributed by atoms with E-state index in [0.717, 1.165) is 27.4 Å². The van der Waals surface area contributed by atoms with Gasteiger partial charge in [0, 0.05) is 21.2 Å². The van der Waals surface area contributed by atoms with E-state index in [0.29, 0.717) is 0 Å². The number of fused-ring (bicyclic) bond motifs is 3. The highest BCUT2D eigenvalue weighted by atomic mass is 32.2. The second kappa shape index (κ2) is 4.63. The van der Waals surface area contributed by atoms with Crippen molar-refractivity contribution in [1.29, 1.82) is 0 Å². The minimum atomic E-state index is -0.809. The highest BCUT2D eigenvalue weighted by Crippen LogP contribution is 2.30. The van der Waals surface area contributed by atoms with Gasteiger partial charge < -0.3 is 10.1 Å². The van der Waals surface area contributed by atoms with Crippen molar-refractivity contribution < 1.29 is 9.90 Å². The lowest BCUT2D eigenvalue weighted by Crippen LogP contribution is -2.00. The highest BCUT2D eigenvalue weighted by Gasteiger charge is 2.10. The third kappa shape index (κ3) is 2.08. The van der Waals surface area contributed by atoms with Gasteiger partial charge in [-0.1, -0.05) is 18.2 Å². The SMILES string of the molecule is CSc1ccc2[nH]c3c(CC(=O)O)cccc3c2c1. The van der Waals surface area contributed by atoms with Crippen LogP contribution in [0, 0.1) is 0 Å². The van der Waals surface area contributed by atoms with Gasteiger partial charge in [0.15, 0.2) is 0 Å². The quantitative estimate of drug-likeness (QED) is 0.715. The molecule has 3 rings (SSSR count). The second-order valence-electron chi connectivity index (χ2n) is 4.45. The molecule has 0 aliphatic heterocycles. The first-order valence-corrected chi connectivity index (χ1v) is 7.20. The predicted octanol–water partition coefficient (Wildman–Crippen LogP) is 3.67. The average molecular weight is 271 g/mol. The van der Waals surface area contributed by atoms with E-state index in [2.05, 4.69) is 17.1 Å². The molecule has 3 nitrogen and oxygen atoms in total. The van der Waals surface area contributed by atoms with Crippen molar-refractivity contribution in [3.63, 3.8) is 0 Å². The van der Waals surface area contributed by atoms with Crippen LogP contribution in [0.3, 0.4) is 0 Å². The van der Waals surface area contributed by atoms with Crippen LogP contribution >= 0.6 is 11.8 Å². The van der Waals surface area contributed by atoms with Crippen molar-refractivity contribution in [3.05, 3.63) is 42.0 Å². The summed E-state index contributed by atoms with van der Waals surface area (Å²) in [5.41, 5.74) is 2.80. The Morgan fingerprint density at radius 1 is 1.26 bits per heavy atom. The van der Waals surface area contributed by atoms with Gasteiger partial charge in [0.1, 0.15) is 0 Å². The van der Waals surface area contributed by atoms with Crippen molar-refractivity contribution in [3.8, 4) is 0 Å². The zero-order valence-corrected chi connectivity index (χ0v) is 11.3. The molecule has 0 aliphatic rings. The van der Waals surface area contributed by atoms with Gasteiger partial charge in [0.25, 0.3) is 0 Å². The first-order valence-electron chi connectivity index (χ1n) is 5.98. The third-order valence-corrected chi connectivity index (χ3v) is 3.99. The lowest BCUT2D eigenvalue weighted by atomic mass is 10.1. The number of H-pyrrole nitrogens is 1. The van der Waals surface area contributed by atoms with Crippen molar-refractivity contribution in [2.45, 2.75) is 11.3 Å². The fourth-order valence-corrected chi connectivity index (χ4v) is 2.84. The molecular formula is C15H13NO2S. The van der Waals surface area contributed by atoms with E-state index in [1.54, 1.807) is 11.8 Å². The second-order valence-corrected chi connectivity index (χ2v) is 5.33. The van der Waals surface area contributed by atoms with Crippen LogP contribution in [0.5, 0.6) is 0 Å². The maximum atomic E-state index is 10.9. The van der Waals surface area contributed by atoms with E-state index < -0.39 is 5.97 Å². The number of carboxylic acid groups (broad SMARTS) is 1. The Hall–Kier alpha value is -1.94. The van der Waals surface area contributed by atoms with Crippen molar-refractivity contribution in [1.82, 2.24) is 4.98 Å². The predicted molar refractivity (Wildman–Crippen MR) is 78.9 cm³/mol. The summed E-state index contributed by atoms with van der Waals surface area (Å²) in [5.74, 6) is -0.809. The number of carboxylic acids is 1. The minimum Gasteiger partial charge on any atom is -0.481 e. The van der Waals surface area contributed by atoms with Gasteiger partial charge in [-0.3, -0.25) is 4.79 Å². The van der Waals surface area contributed by atoms with E-state index >= 15 is 0 Å². The standard InChI is InChI=1S/C15H13NO2S/c1-19-10-5-6-13-12(8-10)11-4-2-3-9(7-14(17)18)15(11)16-13/h2-6,8,16H,7H2,1H3,(H,17,18). The molecule has 4 heteroatoms. The van der Waals surface area contributed by atoms with Crippen LogP contribution in [-0.2, 0) is 11.2 Å². The number of rotatable bonds is 3. The molecule has 96 valence electrons. The van der Waals surface area contributed by atoms with Gasteiger partial charge in [0.2, 0.25) is 0 Å². The number of thioether (sulfide) groups is 1. The van der Waals surface area contributed by atoms with E-state index in [-0.39, 0.29) is 6.42 Å². The van der Waals surface area contributed by atoms with Crippen LogP contribution in [0.1, 0.15) is 5.56 Å². The minimum absolute atomic E-state index is 0.0412. The number of carbonyl (C=O) groups is 1. The Balaban J connectivity index is 2.30. The van der Waals surface area contributed by atoms with E-state index in [1.807, 2.05) is 30.5 Å². The molecule has 19 heavy (non-hydrogen) atoms. The number of hydrogen-bond acceptors (Lipinski definition) is 2. The van der Waals surface area contributed by atoms with Crippen LogP contribution in [0.2, 0.25) is 0 Å². The van der Waals surface area contributed by atoms with Gasteiger partial charge in [-0.15, -0.1) is 11.8 Å². The first-order chi connectivity index (χ1) is 9.19. The zero-order chi connectivity index (χ0) is 13.4. The Morgan fingerprint density at radius 2 is 2.11 bits per heavy atom. The van der Waals surface area contributed by atoms with Crippen LogP contribution < -0.4 is 0 Å². The summed E-state index contributed by atoms with van der Waals surface area (Å²) in [7, 11) is 0. The normalized spacial score (nSPS) is 11.2. The monoisotopic (exact) mass is 271 g/mol. The fraction of sp³-hybridized carbons (Fsp3) is 0.133. The topological polar surface area (TPSA) is 53.1 Å². The Morgan fingerprint density at radius 3 is 2.84 bits per heavy atom. The third-order valence-electron chi connectivity index (χ3n) is 3.27. The highest BCUT2D eigenvalue weighted by molar-refractivity contribution is 7.98. The lowest BCUT2D eigenvalue weighted by Gasteiger charge is -1.99. The molecule has 1 heterocycles. The summed E-state index contributed by atoms with van der Waals surface area (Å²) in [6.45, 7) is 0. The molecule has 1 aromatic heterocycles. The number of aromatic nitrogens is 1. The van der Waals surface area contributed by atoms with Crippen molar-refractivity contribution in [2.24, 2.45) is 0 Å². The Labute approximate surface area is 114 Å². The maximum Gasteiger partial charge on any atom is 0.307 e. The van der Waals surface area contributed by atoms with Crippen LogP contribution in [0.25, 0.3) is 21.8 Å². The molecule has 0 unspecified atom stereocenters. The smallest absolute Gasteiger partial charge is 0.307 e. The van der Waals surface area contributed by atoms with Crippen molar-refractivity contribution in [2.75, 3.05) is 6.26 Å². The molecule has 0 atom stereocenters. The number of aliphatic carboxylic acids is 1. The summed E-state index contributed by atoms with van der Waals surface area (Å²) in [4.78, 5) is 15.4. The molecule has 0 bridgehead atoms. The van der Waals surface area contributed by atoms with Gasteiger partial charge >= 0.3 is 5.97 Å². The molecular weight excluding hydrogens is 258 g/mol. The van der Waals surface area contributed by atoms with Gasteiger partial charge in [-0.2, -0.15) is 0 Å². The number of aromatic amines is 1. The summed E-state index contributed by atoms with van der Waals surface area (Å²) in [6, 6.07) is 12.1. The van der Waals surface area contributed by atoms with E-state index in [4.69, 9.17) is 5.11 Å². The van der Waals surface area contributed by atoms with Gasteiger partial charge in [-0.05, 0) is 30.0 Å². The van der Waals surface area contributed by atoms with Crippen LogP contribution in [0.15, 0.2) is 41.3 Å². The molecule has 2 aromatic carbocycles.